The Morgan fingerprint density at radius 1 is 1.14 bits per heavy atom. The van der Waals surface area contributed by atoms with Crippen molar-refractivity contribution in [3.8, 4) is 5.75 Å². The molecule has 0 amide bonds. The van der Waals surface area contributed by atoms with Crippen LogP contribution in [0.4, 0.5) is 0 Å². The minimum Gasteiger partial charge on any atom is -0.493 e. The summed E-state index contributed by atoms with van der Waals surface area (Å²) < 4.78 is 5.87. The topological polar surface area (TPSA) is 21.3 Å². The molecule has 3 unspecified atom stereocenters. The van der Waals surface area contributed by atoms with E-state index >= 15 is 0 Å². The van der Waals surface area contributed by atoms with Crippen molar-refractivity contribution in [2.75, 3.05) is 13.2 Å². The largest absolute Gasteiger partial charge is 0.493 e. The smallest absolute Gasteiger partial charge is 0.122 e. The van der Waals surface area contributed by atoms with Crippen LogP contribution in [-0.4, -0.2) is 19.2 Å². The van der Waals surface area contributed by atoms with Crippen molar-refractivity contribution >= 4 is 0 Å². The lowest BCUT2D eigenvalue weighted by Gasteiger charge is -2.33. The van der Waals surface area contributed by atoms with Crippen LogP contribution < -0.4 is 10.1 Å². The van der Waals surface area contributed by atoms with Gasteiger partial charge in [0.25, 0.3) is 0 Å². The third kappa shape index (κ3) is 3.60. The zero-order chi connectivity index (χ0) is 14.7. The second kappa shape index (κ2) is 6.83. The van der Waals surface area contributed by atoms with Gasteiger partial charge in [0.2, 0.25) is 0 Å². The predicted molar refractivity (Wildman–Crippen MR) is 87.9 cm³/mol. The van der Waals surface area contributed by atoms with Gasteiger partial charge in [-0.1, -0.05) is 51.3 Å². The highest BCUT2D eigenvalue weighted by Crippen LogP contribution is 2.42. The van der Waals surface area contributed by atoms with Gasteiger partial charge in [-0.05, 0) is 37.3 Å². The second-order valence-corrected chi connectivity index (χ2v) is 7.15. The summed E-state index contributed by atoms with van der Waals surface area (Å²) in [5.41, 5.74) is 1.44. The number of hydrogen-bond acceptors (Lipinski definition) is 2. The Hall–Kier alpha value is -1.02. The number of hydrogen-bond donors (Lipinski definition) is 1. The third-order valence-electron chi connectivity index (χ3n) is 5.24. The van der Waals surface area contributed by atoms with Gasteiger partial charge in [-0.3, -0.25) is 0 Å². The molecule has 2 heteroatoms. The first-order valence-electron chi connectivity index (χ1n) is 8.69. The Labute approximate surface area is 129 Å². The summed E-state index contributed by atoms with van der Waals surface area (Å²) in [6.45, 7) is 6.58. The van der Waals surface area contributed by atoms with E-state index in [1.807, 2.05) is 0 Å². The van der Waals surface area contributed by atoms with Gasteiger partial charge in [-0.25, -0.2) is 0 Å². The van der Waals surface area contributed by atoms with Gasteiger partial charge in [0, 0.05) is 17.5 Å². The Morgan fingerprint density at radius 3 is 2.71 bits per heavy atom. The van der Waals surface area contributed by atoms with Crippen LogP contribution in [0.5, 0.6) is 5.75 Å². The molecular formula is C19H29NO. The molecule has 2 aliphatic rings. The molecule has 3 atom stereocenters. The van der Waals surface area contributed by atoms with Crippen LogP contribution in [0.25, 0.3) is 0 Å². The molecule has 1 heterocycles. The van der Waals surface area contributed by atoms with Crippen molar-refractivity contribution in [3.05, 3.63) is 29.8 Å². The van der Waals surface area contributed by atoms with E-state index in [0.717, 1.165) is 24.2 Å². The van der Waals surface area contributed by atoms with Crippen LogP contribution in [0.3, 0.4) is 0 Å². The molecule has 3 rings (SSSR count). The van der Waals surface area contributed by atoms with Crippen molar-refractivity contribution in [2.45, 2.75) is 57.9 Å². The number of nitrogens with one attached hydrogen (secondary N) is 1. The highest BCUT2D eigenvalue weighted by Gasteiger charge is 2.31. The summed E-state index contributed by atoms with van der Waals surface area (Å²) in [6.07, 6.45) is 6.95. The second-order valence-electron chi connectivity index (χ2n) is 7.15. The average Bonchev–Trinajstić information content (AvgIpc) is 2.90. The van der Waals surface area contributed by atoms with Gasteiger partial charge >= 0.3 is 0 Å². The standard InChI is InChI=1S/C19H29NO/c1-14(2)20-12-16-8-4-3-7-15(16)11-17-13-21-19-10-6-5-9-18(17)19/h5-6,9-10,14-17,20H,3-4,7-8,11-13H2,1-2H3. The zero-order valence-electron chi connectivity index (χ0n) is 13.5. The van der Waals surface area contributed by atoms with Gasteiger partial charge < -0.3 is 10.1 Å². The molecule has 0 radical (unpaired) electrons. The highest BCUT2D eigenvalue weighted by molar-refractivity contribution is 5.39. The lowest BCUT2D eigenvalue weighted by molar-refractivity contribution is 0.194. The van der Waals surface area contributed by atoms with E-state index in [-0.39, 0.29) is 0 Å². The third-order valence-corrected chi connectivity index (χ3v) is 5.24. The van der Waals surface area contributed by atoms with Crippen LogP contribution in [0.15, 0.2) is 24.3 Å². The van der Waals surface area contributed by atoms with Crippen LogP contribution in [0.2, 0.25) is 0 Å². The van der Waals surface area contributed by atoms with Crippen molar-refractivity contribution in [3.63, 3.8) is 0 Å². The minimum absolute atomic E-state index is 0.600. The number of para-hydroxylation sites is 1. The van der Waals surface area contributed by atoms with Gasteiger partial charge in [-0.2, -0.15) is 0 Å². The van der Waals surface area contributed by atoms with Crippen molar-refractivity contribution in [2.24, 2.45) is 11.8 Å². The number of ether oxygens (including phenoxy) is 1. The maximum absolute atomic E-state index is 5.87. The monoisotopic (exact) mass is 287 g/mol. The maximum Gasteiger partial charge on any atom is 0.122 e. The van der Waals surface area contributed by atoms with E-state index in [9.17, 15) is 0 Å². The van der Waals surface area contributed by atoms with E-state index in [1.165, 1.54) is 44.2 Å². The molecule has 0 spiro atoms. The molecule has 0 aromatic heterocycles. The lowest BCUT2D eigenvalue weighted by atomic mass is 9.74. The molecule has 1 aromatic rings. The highest BCUT2D eigenvalue weighted by atomic mass is 16.5. The molecule has 116 valence electrons. The van der Waals surface area contributed by atoms with E-state index in [4.69, 9.17) is 4.74 Å². The number of fused-ring (bicyclic) bond motifs is 1. The predicted octanol–water partition coefficient (Wildman–Crippen LogP) is 4.36. The first kappa shape index (κ1) is 14.9. The van der Waals surface area contributed by atoms with Crippen LogP contribution in [-0.2, 0) is 0 Å². The Kier molecular flexibility index (Phi) is 4.84. The van der Waals surface area contributed by atoms with E-state index in [2.05, 4.69) is 43.4 Å². The Bertz CT molecular complexity index is 457. The molecule has 1 fully saturated rings. The molecule has 21 heavy (non-hydrogen) atoms. The van der Waals surface area contributed by atoms with Gasteiger partial charge in [0.15, 0.2) is 0 Å². The number of rotatable bonds is 5. The van der Waals surface area contributed by atoms with Crippen molar-refractivity contribution < 1.29 is 4.74 Å². The van der Waals surface area contributed by atoms with Gasteiger partial charge in [0.1, 0.15) is 5.75 Å². The molecule has 0 saturated heterocycles. The fourth-order valence-electron chi connectivity index (χ4n) is 4.04. The number of benzene rings is 1. The van der Waals surface area contributed by atoms with E-state index in [0.29, 0.717) is 12.0 Å². The summed E-state index contributed by atoms with van der Waals surface area (Å²) in [5.74, 6) is 3.46. The first-order chi connectivity index (χ1) is 10.2. The SMILES string of the molecule is CC(C)NCC1CCCCC1CC1COc2ccccc21. The fourth-order valence-corrected chi connectivity index (χ4v) is 4.04. The summed E-state index contributed by atoms with van der Waals surface area (Å²) >= 11 is 0. The summed E-state index contributed by atoms with van der Waals surface area (Å²) in [5, 5.41) is 3.66. The fraction of sp³-hybridized carbons (Fsp3) is 0.684. The van der Waals surface area contributed by atoms with Crippen molar-refractivity contribution in [1.82, 2.24) is 5.32 Å². The molecule has 1 saturated carbocycles. The van der Waals surface area contributed by atoms with Gasteiger partial charge in [0.05, 0.1) is 6.61 Å². The normalized spacial score (nSPS) is 28.4. The zero-order valence-corrected chi connectivity index (χ0v) is 13.5. The Morgan fingerprint density at radius 2 is 1.90 bits per heavy atom. The summed E-state index contributed by atoms with van der Waals surface area (Å²) in [7, 11) is 0. The molecule has 1 aliphatic carbocycles. The molecule has 1 aromatic carbocycles. The quantitative estimate of drug-likeness (QED) is 0.869. The van der Waals surface area contributed by atoms with E-state index in [1.54, 1.807) is 0 Å². The lowest BCUT2D eigenvalue weighted by Crippen LogP contribution is -2.34. The molecule has 1 aliphatic heterocycles. The van der Waals surface area contributed by atoms with Crippen LogP contribution in [0.1, 0.15) is 57.4 Å². The minimum atomic E-state index is 0.600. The van der Waals surface area contributed by atoms with Gasteiger partial charge in [-0.15, -0.1) is 0 Å². The Balaban J connectivity index is 1.62. The van der Waals surface area contributed by atoms with Crippen LogP contribution in [0, 0.1) is 11.8 Å². The van der Waals surface area contributed by atoms with E-state index < -0.39 is 0 Å². The molecule has 0 bridgehead atoms. The summed E-state index contributed by atoms with van der Waals surface area (Å²) in [4.78, 5) is 0. The first-order valence-corrected chi connectivity index (χ1v) is 8.69. The van der Waals surface area contributed by atoms with Crippen LogP contribution >= 0.6 is 0 Å². The molecule has 1 N–H and O–H groups in total. The molecule has 2 nitrogen and oxygen atoms in total. The molecular weight excluding hydrogens is 258 g/mol. The van der Waals surface area contributed by atoms with Crippen molar-refractivity contribution in [1.29, 1.82) is 0 Å². The maximum atomic E-state index is 5.87. The summed E-state index contributed by atoms with van der Waals surface area (Å²) in [6, 6.07) is 9.21. The average molecular weight is 287 g/mol.